The van der Waals surface area contributed by atoms with Crippen LogP contribution >= 0.6 is 0 Å². The summed E-state index contributed by atoms with van der Waals surface area (Å²) >= 11 is 0. The molecular formula is C17H16IrN-. The first-order chi connectivity index (χ1) is 10.6. The first-order valence-corrected chi connectivity index (χ1v) is 6.56. The molecule has 1 aromatic carbocycles. The molecule has 1 radical (unpaired) electrons. The summed E-state index contributed by atoms with van der Waals surface area (Å²) in [6.07, 6.45) is 6.84. The Balaban J connectivity index is 0.00000156. The Bertz CT molecular complexity index is 770. The fourth-order valence-corrected chi connectivity index (χ4v) is 3.41. The van der Waals surface area contributed by atoms with E-state index in [1.165, 1.54) is 36.8 Å². The van der Waals surface area contributed by atoms with Crippen molar-refractivity contribution in [2.45, 2.75) is 37.5 Å². The van der Waals surface area contributed by atoms with Crippen LogP contribution in [0.4, 0.5) is 0 Å². The molecule has 0 saturated heterocycles. The Labute approximate surface area is 133 Å². The number of pyridine rings is 1. The Morgan fingerprint density at radius 2 is 1.84 bits per heavy atom. The van der Waals surface area contributed by atoms with Gasteiger partial charge in [0.15, 0.2) is 0 Å². The first kappa shape index (κ1) is 9.05. The van der Waals surface area contributed by atoms with Crippen molar-refractivity contribution in [2.75, 3.05) is 0 Å². The summed E-state index contributed by atoms with van der Waals surface area (Å²) in [5.74, 6) is 1.20. The van der Waals surface area contributed by atoms with Crippen LogP contribution in [-0.4, -0.2) is 4.98 Å². The van der Waals surface area contributed by atoms with E-state index in [1.807, 2.05) is 12.3 Å². The van der Waals surface area contributed by atoms with Gasteiger partial charge in [0.05, 0.1) is 0 Å². The second-order valence-corrected chi connectivity index (χ2v) is 5.25. The minimum Gasteiger partial charge on any atom is -0.304 e. The number of aromatic nitrogens is 1. The molecule has 2 aromatic rings. The van der Waals surface area contributed by atoms with Gasteiger partial charge < -0.3 is 4.98 Å². The molecule has 0 spiro atoms. The van der Waals surface area contributed by atoms with Gasteiger partial charge in [-0.2, -0.15) is 0 Å². The molecular weight excluding hydrogens is 410 g/mol. The van der Waals surface area contributed by atoms with E-state index < -0.39 is 0 Å². The molecule has 0 aliphatic heterocycles. The van der Waals surface area contributed by atoms with Crippen LogP contribution in [0.25, 0.3) is 11.3 Å². The third-order valence-electron chi connectivity index (χ3n) is 4.33. The van der Waals surface area contributed by atoms with Crippen LogP contribution in [0.5, 0.6) is 0 Å². The summed E-state index contributed by atoms with van der Waals surface area (Å²) in [5.41, 5.74) is 3.65. The zero-order chi connectivity index (χ0) is 15.4. The van der Waals surface area contributed by atoms with E-state index in [-0.39, 0.29) is 44.3 Å². The van der Waals surface area contributed by atoms with Gasteiger partial charge in [0.2, 0.25) is 0 Å². The van der Waals surface area contributed by atoms with Gasteiger partial charge in [-0.25, -0.2) is 0 Å². The second-order valence-electron chi connectivity index (χ2n) is 5.25. The number of hydrogen-bond acceptors (Lipinski definition) is 1. The van der Waals surface area contributed by atoms with Crippen LogP contribution in [-0.2, 0) is 20.1 Å². The molecule has 0 atom stereocenters. The van der Waals surface area contributed by atoms with Crippen LogP contribution in [0, 0.1) is 6.07 Å². The molecule has 19 heavy (non-hydrogen) atoms. The number of rotatable bonds is 1. The van der Waals surface area contributed by atoms with Gasteiger partial charge in [-0.05, 0) is 57.1 Å². The van der Waals surface area contributed by atoms with Crippen molar-refractivity contribution in [3.8, 4) is 11.3 Å². The zero-order valence-electron chi connectivity index (χ0n) is 14.4. The van der Waals surface area contributed by atoms with Gasteiger partial charge in [0.1, 0.15) is 0 Å². The fourth-order valence-electron chi connectivity index (χ4n) is 3.41. The molecule has 0 N–H and O–H groups in total. The Morgan fingerprint density at radius 3 is 2.63 bits per heavy atom. The number of benzene rings is 1. The SMILES string of the molecule is [2H]c1[c-]c(-c2cc3c(cn2)C2CCC3CC2)c([2H])c([2H])c1[2H].[Ir]. The summed E-state index contributed by atoms with van der Waals surface area (Å²) in [4.78, 5) is 4.47. The van der Waals surface area contributed by atoms with Crippen LogP contribution in [0.2, 0.25) is 0 Å². The van der Waals surface area contributed by atoms with E-state index >= 15 is 0 Å². The maximum Gasteiger partial charge on any atom is 0.0406 e. The van der Waals surface area contributed by atoms with Gasteiger partial charge in [-0.1, -0.05) is 6.07 Å². The molecule has 1 saturated carbocycles. The Kier molecular flexibility index (Phi) is 2.47. The van der Waals surface area contributed by atoms with Crippen LogP contribution in [0.3, 0.4) is 0 Å². The second kappa shape index (κ2) is 5.19. The van der Waals surface area contributed by atoms with Gasteiger partial charge in [-0.15, -0.1) is 35.8 Å². The first-order valence-electron chi connectivity index (χ1n) is 8.56. The minimum atomic E-state index is -0.245. The molecule has 1 heterocycles. The van der Waals surface area contributed by atoms with Crippen molar-refractivity contribution in [1.29, 1.82) is 0 Å². The van der Waals surface area contributed by atoms with Crippen molar-refractivity contribution in [1.82, 2.24) is 4.98 Å². The summed E-state index contributed by atoms with van der Waals surface area (Å²) in [7, 11) is 0. The molecule has 1 aromatic heterocycles. The third-order valence-corrected chi connectivity index (χ3v) is 4.33. The molecule has 5 rings (SSSR count). The molecule has 0 unspecified atom stereocenters. The number of fused-ring (bicyclic) bond motifs is 2. The molecule has 99 valence electrons. The maximum atomic E-state index is 8.05. The summed E-state index contributed by atoms with van der Waals surface area (Å²) in [6, 6.07) is 4.12. The fraction of sp³-hybridized carbons (Fsp3) is 0.353. The van der Waals surface area contributed by atoms with Crippen molar-refractivity contribution < 1.29 is 25.6 Å². The van der Waals surface area contributed by atoms with Gasteiger partial charge >= 0.3 is 0 Å². The Hall–Kier alpha value is -0.981. The largest absolute Gasteiger partial charge is 0.304 e. The normalized spacial score (nSPS) is 26.5. The van der Waals surface area contributed by atoms with Gasteiger partial charge in [0.25, 0.3) is 0 Å². The van der Waals surface area contributed by atoms with E-state index in [2.05, 4.69) is 11.1 Å². The smallest absolute Gasteiger partial charge is 0.0406 e. The van der Waals surface area contributed by atoms with E-state index in [9.17, 15) is 0 Å². The zero-order valence-corrected chi connectivity index (χ0v) is 12.8. The van der Waals surface area contributed by atoms with Gasteiger partial charge in [0, 0.05) is 29.0 Å². The van der Waals surface area contributed by atoms with E-state index in [4.69, 9.17) is 5.48 Å². The standard InChI is InChI=1S/C17H16N.Ir/c1-2-4-14(5-3-1)17-10-15-12-6-8-13(9-7-12)16(15)11-18-17;/h1-4,10-13H,6-9H2;/q-1;/i1D,2D,3D,4D;. The number of nitrogens with zero attached hydrogens (tertiary/aromatic N) is 1. The summed E-state index contributed by atoms with van der Waals surface area (Å²) in [6.45, 7) is 0. The minimum absolute atomic E-state index is 0. The van der Waals surface area contributed by atoms with Crippen LogP contribution in [0.1, 0.15) is 54.1 Å². The average molecular weight is 431 g/mol. The molecule has 2 heteroatoms. The van der Waals surface area contributed by atoms with Crippen LogP contribution in [0.15, 0.2) is 36.4 Å². The average Bonchev–Trinajstić information content (AvgIpc) is 2.57. The van der Waals surface area contributed by atoms with Crippen molar-refractivity contribution >= 4 is 0 Å². The van der Waals surface area contributed by atoms with E-state index in [0.29, 0.717) is 23.1 Å². The number of hydrogen-bond donors (Lipinski definition) is 0. The van der Waals surface area contributed by atoms with E-state index in [0.717, 1.165) is 0 Å². The summed E-state index contributed by atoms with van der Waals surface area (Å²) < 4.78 is 31.2. The predicted octanol–water partition coefficient (Wildman–Crippen LogP) is 4.30. The molecule has 0 amide bonds. The monoisotopic (exact) mass is 431 g/mol. The molecule has 1 fully saturated rings. The predicted molar refractivity (Wildman–Crippen MR) is 72.5 cm³/mol. The maximum absolute atomic E-state index is 8.05. The van der Waals surface area contributed by atoms with Crippen molar-refractivity contribution in [2.24, 2.45) is 0 Å². The quantitative estimate of drug-likeness (QED) is 0.615. The van der Waals surface area contributed by atoms with Crippen molar-refractivity contribution in [3.63, 3.8) is 0 Å². The van der Waals surface area contributed by atoms with E-state index in [1.54, 1.807) is 0 Å². The molecule has 3 aliphatic rings. The third kappa shape index (κ3) is 2.17. The van der Waals surface area contributed by atoms with Crippen molar-refractivity contribution in [3.05, 3.63) is 53.6 Å². The van der Waals surface area contributed by atoms with Gasteiger partial charge in [-0.3, -0.25) is 0 Å². The van der Waals surface area contributed by atoms with Crippen LogP contribution < -0.4 is 0 Å². The molecule has 2 bridgehead atoms. The Morgan fingerprint density at radius 1 is 1.11 bits per heavy atom. The summed E-state index contributed by atoms with van der Waals surface area (Å²) in [5, 5.41) is 0. The topological polar surface area (TPSA) is 12.9 Å². The molecule has 3 aliphatic carbocycles. The molecule has 1 nitrogen and oxygen atoms in total.